The molecular weight excluding hydrogens is 424 g/mol. The summed E-state index contributed by atoms with van der Waals surface area (Å²) in [5.74, 6) is 0.0702. The highest BCUT2D eigenvalue weighted by molar-refractivity contribution is 5.96. The number of carbonyl (C=O) groups excluding carboxylic acids is 1. The van der Waals surface area contributed by atoms with Gasteiger partial charge in [-0.1, -0.05) is 19.1 Å². The van der Waals surface area contributed by atoms with Crippen LogP contribution in [-0.2, 0) is 6.54 Å². The minimum atomic E-state index is -0.568. The van der Waals surface area contributed by atoms with Crippen molar-refractivity contribution in [2.45, 2.75) is 33.2 Å². The van der Waals surface area contributed by atoms with Gasteiger partial charge in [-0.15, -0.1) is 0 Å². The van der Waals surface area contributed by atoms with Crippen molar-refractivity contribution in [2.24, 2.45) is 5.92 Å². The summed E-state index contributed by atoms with van der Waals surface area (Å²) in [6.45, 7) is 5.77. The Bertz CT molecular complexity index is 1270. The number of nitrogens with zero attached hydrogens (tertiary/aromatic N) is 4. The maximum Gasteiger partial charge on any atom is 0.293 e. The normalized spacial score (nSPS) is 15.9. The highest BCUT2D eigenvalue weighted by Crippen LogP contribution is 2.32. The van der Waals surface area contributed by atoms with Crippen LogP contribution < -0.4 is 21.3 Å². The van der Waals surface area contributed by atoms with E-state index in [1.54, 1.807) is 43.3 Å². The molecule has 1 unspecified atom stereocenters. The van der Waals surface area contributed by atoms with E-state index in [-0.39, 0.29) is 22.8 Å². The number of nitrogens with one attached hydrogen (secondary N) is 2. The number of amides is 1. The van der Waals surface area contributed by atoms with Crippen LogP contribution in [0.25, 0.3) is 10.9 Å². The molecule has 1 fully saturated rings. The molecule has 2 heterocycles. The monoisotopic (exact) mass is 450 g/mol. The number of para-hydroxylation sites is 1. The fraction of sp³-hybridized carbons (Fsp3) is 0.348. The fourth-order valence-electron chi connectivity index (χ4n) is 4.23. The summed E-state index contributed by atoms with van der Waals surface area (Å²) in [4.78, 5) is 43.2. The molecule has 2 aromatic carbocycles. The zero-order valence-corrected chi connectivity index (χ0v) is 18.6. The Morgan fingerprint density at radius 2 is 2.06 bits per heavy atom. The summed E-state index contributed by atoms with van der Waals surface area (Å²) in [5.41, 5.74) is 6.03. The molecule has 10 heteroatoms. The average molecular weight is 450 g/mol. The van der Waals surface area contributed by atoms with Gasteiger partial charge >= 0.3 is 0 Å². The molecule has 3 aromatic rings. The van der Waals surface area contributed by atoms with E-state index in [1.807, 2.05) is 4.90 Å². The third-order valence-corrected chi connectivity index (χ3v) is 5.90. The second-order valence-corrected chi connectivity index (χ2v) is 8.24. The summed E-state index contributed by atoms with van der Waals surface area (Å²) in [7, 11) is 0. The molecule has 0 spiro atoms. The third-order valence-electron chi connectivity index (χ3n) is 5.90. The van der Waals surface area contributed by atoms with Crippen LogP contribution in [0.15, 0.2) is 47.3 Å². The van der Waals surface area contributed by atoms with Crippen LogP contribution in [0.3, 0.4) is 0 Å². The van der Waals surface area contributed by atoms with Gasteiger partial charge in [-0.2, -0.15) is 0 Å². The molecule has 1 atom stereocenters. The van der Waals surface area contributed by atoms with Gasteiger partial charge in [0.1, 0.15) is 5.69 Å². The maximum absolute atomic E-state index is 12.8. The number of rotatable bonds is 6. The fourth-order valence-corrected chi connectivity index (χ4v) is 4.23. The molecular formula is C23H26N6O4. The molecule has 33 heavy (non-hydrogen) atoms. The quantitative estimate of drug-likeness (QED) is 0.436. The molecule has 0 bridgehead atoms. The van der Waals surface area contributed by atoms with Crippen molar-refractivity contribution in [3.8, 4) is 0 Å². The molecule has 1 aliphatic rings. The molecule has 1 amide bonds. The lowest BCUT2D eigenvalue weighted by atomic mass is 9.99. The van der Waals surface area contributed by atoms with E-state index in [2.05, 4.69) is 22.8 Å². The lowest BCUT2D eigenvalue weighted by molar-refractivity contribution is -0.384. The van der Waals surface area contributed by atoms with E-state index in [0.29, 0.717) is 29.1 Å². The Morgan fingerprint density at radius 3 is 2.79 bits per heavy atom. The molecule has 10 nitrogen and oxygen atoms in total. The minimum absolute atomic E-state index is 0.106. The van der Waals surface area contributed by atoms with Crippen LogP contribution in [0, 0.1) is 16.0 Å². The van der Waals surface area contributed by atoms with Gasteiger partial charge in [0.15, 0.2) is 0 Å². The Kier molecular flexibility index (Phi) is 6.25. The second kappa shape index (κ2) is 9.27. The van der Waals surface area contributed by atoms with Gasteiger partial charge in [0.25, 0.3) is 17.2 Å². The standard InChI is InChI=1S/C23H26N6O4/c1-3-28-22(31)17-8-4-5-9-18(17)24-23(28)26-25-21(30)16-10-11-19(20(13-16)29(32)33)27-12-6-7-15(2)14-27/h4-5,8-11,13,15H,3,6-7,12,14H2,1-2H3,(H,24,26)(H,25,30). The Morgan fingerprint density at radius 1 is 1.27 bits per heavy atom. The number of anilines is 2. The van der Waals surface area contributed by atoms with E-state index >= 15 is 0 Å². The van der Waals surface area contributed by atoms with E-state index in [1.165, 1.54) is 10.6 Å². The van der Waals surface area contributed by atoms with Crippen LogP contribution in [0.5, 0.6) is 0 Å². The number of piperidine rings is 1. The predicted octanol–water partition coefficient (Wildman–Crippen LogP) is 3.32. The predicted molar refractivity (Wildman–Crippen MR) is 126 cm³/mol. The number of nitro benzene ring substituents is 1. The van der Waals surface area contributed by atoms with Crippen molar-refractivity contribution >= 4 is 34.1 Å². The molecule has 1 aromatic heterocycles. The van der Waals surface area contributed by atoms with E-state index < -0.39 is 10.8 Å². The van der Waals surface area contributed by atoms with Gasteiger partial charge in [0.05, 0.1) is 15.8 Å². The number of hydrogen-bond acceptors (Lipinski definition) is 7. The summed E-state index contributed by atoms with van der Waals surface area (Å²) in [5, 5.41) is 12.2. The van der Waals surface area contributed by atoms with Crippen molar-refractivity contribution in [3.63, 3.8) is 0 Å². The third kappa shape index (κ3) is 4.50. The summed E-state index contributed by atoms with van der Waals surface area (Å²) in [6, 6.07) is 11.4. The first-order chi connectivity index (χ1) is 15.9. The molecule has 0 aliphatic carbocycles. The second-order valence-electron chi connectivity index (χ2n) is 8.24. The number of carbonyl (C=O) groups is 1. The SMILES string of the molecule is CCn1c(NNC(=O)c2ccc(N3CCCC(C)C3)c([N+](=O)[O-])c2)nc2ccccc2c1=O. The number of hydrogen-bond donors (Lipinski definition) is 2. The van der Waals surface area contributed by atoms with E-state index in [4.69, 9.17) is 0 Å². The smallest absolute Gasteiger partial charge is 0.293 e. The van der Waals surface area contributed by atoms with Crippen molar-refractivity contribution in [1.82, 2.24) is 15.0 Å². The number of fused-ring (bicyclic) bond motifs is 1. The van der Waals surface area contributed by atoms with Crippen LogP contribution in [0.1, 0.15) is 37.0 Å². The van der Waals surface area contributed by atoms with Crippen molar-refractivity contribution in [2.75, 3.05) is 23.4 Å². The summed E-state index contributed by atoms with van der Waals surface area (Å²) < 4.78 is 1.41. The first kappa shape index (κ1) is 22.3. The van der Waals surface area contributed by atoms with Gasteiger partial charge < -0.3 is 4.90 Å². The molecule has 0 radical (unpaired) electrons. The largest absolute Gasteiger partial charge is 0.366 e. The first-order valence-corrected chi connectivity index (χ1v) is 11.0. The van der Waals surface area contributed by atoms with Crippen molar-refractivity contribution in [3.05, 3.63) is 68.5 Å². The summed E-state index contributed by atoms with van der Waals surface area (Å²) in [6.07, 6.45) is 2.07. The van der Waals surface area contributed by atoms with Crippen LogP contribution in [0.4, 0.5) is 17.3 Å². The summed E-state index contributed by atoms with van der Waals surface area (Å²) >= 11 is 0. The Balaban J connectivity index is 1.57. The van der Waals surface area contributed by atoms with Gasteiger partial charge in [-0.3, -0.25) is 35.1 Å². The molecule has 1 aliphatic heterocycles. The number of aromatic nitrogens is 2. The van der Waals surface area contributed by atoms with E-state index in [9.17, 15) is 19.7 Å². The first-order valence-electron chi connectivity index (χ1n) is 11.0. The molecule has 4 rings (SSSR count). The van der Waals surface area contributed by atoms with Gasteiger partial charge in [0, 0.05) is 31.3 Å². The molecule has 1 saturated heterocycles. The maximum atomic E-state index is 12.8. The topological polar surface area (TPSA) is 122 Å². The van der Waals surface area contributed by atoms with E-state index in [0.717, 1.165) is 25.9 Å². The molecule has 0 saturated carbocycles. The highest BCUT2D eigenvalue weighted by atomic mass is 16.6. The van der Waals surface area contributed by atoms with Crippen LogP contribution >= 0.6 is 0 Å². The number of nitro groups is 1. The van der Waals surface area contributed by atoms with Gasteiger partial charge in [-0.05, 0) is 49.9 Å². The number of benzene rings is 2. The van der Waals surface area contributed by atoms with Crippen molar-refractivity contribution in [1.29, 1.82) is 0 Å². The van der Waals surface area contributed by atoms with Gasteiger partial charge in [-0.25, -0.2) is 4.98 Å². The lowest BCUT2D eigenvalue weighted by Crippen LogP contribution is -2.35. The Hall–Kier alpha value is -3.95. The zero-order valence-electron chi connectivity index (χ0n) is 18.6. The lowest BCUT2D eigenvalue weighted by Gasteiger charge is -2.32. The Labute approximate surface area is 190 Å². The highest BCUT2D eigenvalue weighted by Gasteiger charge is 2.25. The molecule has 172 valence electrons. The van der Waals surface area contributed by atoms with Crippen molar-refractivity contribution < 1.29 is 9.72 Å². The zero-order chi connectivity index (χ0) is 23.5. The van der Waals surface area contributed by atoms with Crippen LogP contribution in [0.2, 0.25) is 0 Å². The number of hydrazine groups is 1. The van der Waals surface area contributed by atoms with Gasteiger partial charge in [0.2, 0.25) is 5.95 Å². The average Bonchev–Trinajstić information content (AvgIpc) is 2.82. The minimum Gasteiger partial charge on any atom is -0.366 e. The van der Waals surface area contributed by atoms with Crippen LogP contribution in [-0.4, -0.2) is 33.5 Å². The molecule has 2 N–H and O–H groups in total.